The van der Waals surface area contributed by atoms with Crippen LogP contribution in [-0.4, -0.2) is 26.3 Å². The number of aromatic nitrogens is 4. The van der Waals surface area contributed by atoms with Gasteiger partial charge in [0.25, 0.3) is 5.91 Å². The Morgan fingerprint density at radius 2 is 2.35 bits per heavy atom. The average molecular weight is 234 g/mol. The zero-order valence-electron chi connectivity index (χ0n) is 9.61. The molecule has 2 rings (SSSR count). The topological polar surface area (TPSA) is 112 Å². The van der Waals surface area contributed by atoms with Crippen molar-refractivity contribution >= 4 is 11.6 Å². The van der Waals surface area contributed by atoms with Gasteiger partial charge in [-0.1, -0.05) is 0 Å². The number of anilines is 1. The van der Waals surface area contributed by atoms with E-state index >= 15 is 0 Å². The molecule has 1 amide bonds. The third-order valence-electron chi connectivity index (χ3n) is 2.58. The van der Waals surface area contributed by atoms with E-state index in [0.29, 0.717) is 11.4 Å². The van der Waals surface area contributed by atoms with Crippen LogP contribution in [0.15, 0.2) is 12.4 Å². The molecule has 0 saturated carbocycles. The fourth-order valence-corrected chi connectivity index (χ4v) is 1.46. The fourth-order valence-electron chi connectivity index (χ4n) is 1.46. The first-order valence-electron chi connectivity index (χ1n) is 5.19. The van der Waals surface area contributed by atoms with Crippen LogP contribution in [0.5, 0.6) is 0 Å². The lowest BCUT2D eigenvalue weighted by Crippen LogP contribution is -2.27. The number of aromatic amines is 2. The van der Waals surface area contributed by atoms with Crippen LogP contribution < -0.4 is 11.1 Å². The number of hydrogen-bond acceptors (Lipinski definition) is 4. The van der Waals surface area contributed by atoms with Gasteiger partial charge in [-0.05, 0) is 13.8 Å². The molecule has 5 N–H and O–H groups in total. The molecule has 0 aromatic carbocycles. The minimum atomic E-state index is -0.305. The van der Waals surface area contributed by atoms with E-state index in [0.717, 1.165) is 5.56 Å². The largest absolute Gasteiger partial charge is 0.395 e. The smallest absolute Gasteiger partial charge is 0.274 e. The summed E-state index contributed by atoms with van der Waals surface area (Å²) in [5.41, 5.74) is 7.90. The van der Waals surface area contributed by atoms with Crippen molar-refractivity contribution in [2.24, 2.45) is 0 Å². The number of nitrogen functional groups attached to an aromatic ring is 1. The highest BCUT2D eigenvalue weighted by molar-refractivity contribution is 5.97. The maximum absolute atomic E-state index is 11.9. The Balaban J connectivity index is 2.10. The summed E-state index contributed by atoms with van der Waals surface area (Å²) in [7, 11) is 0. The summed E-state index contributed by atoms with van der Waals surface area (Å²) in [5, 5.41) is 15.8. The SMILES string of the molecule is Cc1[nH]nc(C(=O)NC(C)c2cn[nH]c2)c1N. The molecule has 7 heteroatoms. The van der Waals surface area contributed by atoms with Crippen molar-refractivity contribution in [1.82, 2.24) is 25.7 Å². The summed E-state index contributed by atoms with van der Waals surface area (Å²) < 4.78 is 0. The molecule has 0 aliphatic carbocycles. The number of nitrogens with one attached hydrogen (secondary N) is 3. The van der Waals surface area contributed by atoms with Gasteiger partial charge in [0, 0.05) is 11.8 Å². The van der Waals surface area contributed by atoms with Crippen LogP contribution >= 0.6 is 0 Å². The van der Waals surface area contributed by atoms with E-state index in [9.17, 15) is 4.79 Å². The average Bonchev–Trinajstić information content (AvgIpc) is 2.90. The Bertz CT molecular complexity index is 515. The predicted molar refractivity (Wildman–Crippen MR) is 62.2 cm³/mol. The molecule has 0 fully saturated rings. The van der Waals surface area contributed by atoms with E-state index < -0.39 is 0 Å². The summed E-state index contributed by atoms with van der Waals surface area (Å²) in [6.45, 7) is 3.62. The van der Waals surface area contributed by atoms with E-state index in [1.54, 1.807) is 19.3 Å². The zero-order chi connectivity index (χ0) is 12.4. The van der Waals surface area contributed by atoms with Gasteiger partial charge in [-0.25, -0.2) is 0 Å². The molecule has 0 aliphatic heterocycles. The molecule has 2 aromatic heterocycles. The summed E-state index contributed by atoms with van der Waals surface area (Å²) in [5.74, 6) is -0.305. The van der Waals surface area contributed by atoms with Crippen molar-refractivity contribution in [3.8, 4) is 0 Å². The lowest BCUT2D eigenvalue weighted by Gasteiger charge is -2.10. The number of amides is 1. The van der Waals surface area contributed by atoms with Gasteiger partial charge in [0.05, 0.1) is 23.6 Å². The number of nitrogens with two attached hydrogens (primary N) is 1. The Morgan fingerprint density at radius 1 is 1.59 bits per heavy atom. The number of rotatable bonds is 3. The van der Waals surface area contributed by atoms with Crippen molar-refractivity contribution in [1.29, 1.82) is 0 Å². The van der Waals surface area contributed by atoms with Gasteiger partial charge in [0.2, 0.25) is 0 Å². The first-order chi connectivity index (χ1) is 8.09. The van der Waals surface area contributed by atoms with E-state index in [4.69, 9.17) is 5.73 Å². The highest BCUT2D eigenvalue weighted by atomic mass is 16.2. The molecule has 1 atom stereocenters. The second-order valence-electron chi connectivity index (χ2n) is 3.84. The van der Waals surface area contributed by atoms with E-state index in [1.807, 2.05) is 6.92 Å². The normalized spacial score (nSPS) is 12.4. The number of aryl methyl sites for hydroxylation is 1. The number of hydrogen-bond donors (Lipinski definition) is 4. The van der Waals surface area contributed by atoms with Crippen molar-refractivity contribution in [2.45, 2.75) is 19.9 Å². The number of carbonyl (C=O) groups excluding carboxylic acids is 1. The van der Waals surface area contributed by atoms with Crippen LogP contribution in [0, 0.1) is 6.92 Å². The molecular formula is C10H14N6O. The first-order valence-corrected chi connectivity index (χ1v) is 5.19. The van der Waals surface area contributed by atoms with Gasteiger partial charge in [-0.15, -0.1) is 0 Å². The van der Waals surface area contributed by atoms with Gasteiger partial charge < -0.3 is 11.1 Å². The van der Waals surface area contributed by atoms with Crippen LogP contribution in [0.1, 0.15) is 34.7 Å². The third kappa shape index (κ3) is 2.12. The van der Waals surface area contributed by atoms with Crippen molar-refractivity contribution in [3.63, 3.8) is 0 Å². The number of H-pyrrole nitrogens is 2. The molecule has 0 aliphatic rings. The van der Waals surface area contributed by atoms with E-state index in [-0.39, 0.29) is 17.6 Å². The number of carbonyl (C=O) groups is 1. The molecular weight excluding hydrogens is 220 g/mol. The molecule has 0 saturated heterocycles. The monoisotopic (exact) mass is 234 g/mol. The molecule has 0 bridgehead atoms. The van der Waals surface area contributed by atoms with Crippen LogP contribution in [0.3, 0.4) is 0 Å². The van der Waals surface area contributed by atoms with Gasteiger partial charge in [0.1, 0.15) is 0 Å². The zero-order valence-corrected chi connectivity index (χ0v) is 9.61. The van der Waals surface area contributed by atoms with Crippen molar-refractivity contribution in [3.05, 3.63) is 29.3 Å². The molecule has 2 heterocycles. The summed E-state index contributed by atoms with van der Waals surface area (Å²) in [6, 6.07) is -0.155. The van der Waals surface area contributed by atoms with Crippen LogP contribution in [0.25, 0.3) is 0 Å². The number of nitrogens with zero attached hydrogens (tertiary/aromatic N) is 2. The summed E-state index contributed by atoms with van der Waals surface area (Å²) in [4.78, 5) is 11.9. The highest BCUT2D eigenvalue weighted by Crippen LogP contribution is 2.15. The van der Waals surface area contributed by atoms with Gasteiger partial charge in [0.15, 0.2) is 5.69 Å². The molecule has 0 spiro atoms. The predicted octanol–water partition coefficient (Wildman–Crippen LogP) is 0.514. The van der Waals surface area contributed by atoms with E-state index in [1.165, 1.54) is 0 Å². The lowest BCUT2D eigenvalue weighted by atomic mass is 10.2. The van der Waals surface area contributed by atoms with Gasteiger partial charge in [-0.3, -0.25) is 15.0 Å². The Hall–Kier alpha value is -2.31. The summed E-state index contributed by atoms with van der Waals surface area (Å²) in [6.07, 6.45) is 3.38. The Kier molecular flexibility index (Phi) is 2.82. The standard InChI is InChI=1S/C10H14N6O/c1-5(7-3-12-13-4-7)14-10(17)9-8(11)6(2)15-16-9/h3-5H,11H2,1-2H3,(H,12,13)(H,14,17)(H,15,16). The van der Waals surface area contributed by atoms with Crippen LogP contribution in [-0.2, 0) is 0 Å². The second kappa shape index (κ2) is 4.28. The molecule has 17 heavy (non-hydrogen) atoms. The minimum Gasteiger partial charge on any atom is -0.395 e. The van der Waals surface area contributed by atoms with Crippen LogP contribution in [0.4, 0.5) is 5.69 Å². The Morgan fingerprint density at radius 3 is 2.88 bits per heavy atom. The van der Waals surface area contributed by atoms with Crippen molar-refractivity contribution < 1.29 is 4.79 Å². The third-order valence-corrected chi connectivity index (χ3v) is 2.58. The van der Waals surface area contributed by atoms with Gasteiger partial charge in [-0.2, -0.15) is 10.2 Å². The van der Waals surface area contributed by atoms with E-state index in [2.05, 4.69) is 25.7 Å². The quantitative estimate of drug-likeness (QED) is 0.619. The molecule has 7 nitrogen and oxygen atoms in total. The Labute approximate surface area is 97.8 Å². The van der Waals surface area contributed by atoms with Crippen molar-refractivity contribution in [2.75, 3.05) is 5.73 Å². The minimum absolute atomic E-state index is 0.155. The molecule has 90 valence electrons. The molecule has 2 aromatic rings. The highest BCUT2D eigenvalue weighted by Gasteiger charge is 2.18. The summed E-state index contributed by atoms with van der Waals surface area (Å²) >= 11 is 0. The van der Waals surface area contributed by atoms with Gasteiger partial charge >= 0.3 is 0 Å². The first kappa shape index (κ1) is 11.2. The molecule has 0 radical (unpaired) electrons. The maximum atomic E-state index is 11.9. The second-order valence-corrected chi connectivity index (χ2v) is 3.84. The fraction of sp³-hybridized carbons (Fsp3) is 0.300. The lowest BCUT2D eigenvalue weighted by molar-refractivity contribution is 0.0935. The van der Waals surface area contributed by atoms with Crippen LogP contribution in [0.2, 0.25) is 0 Å². The maximum Gasteiger partial charge on any atom is 0.274 e. The molecule has 1 unspecified atom stereocenters.